The molecule has 272 valence electrons. The fourth-order valence-corrected chi connectivity index (χ4v) is 10.6. The van der Waals surface area contributed by atoms with Gasteiger partial charge in [-0.25, -0.2) is 0 Å². The van der Waals surface area contributed by atoms with Crippen LogP contribution in [-0.2, 0) is 5.41 Å². The second kappa shape index (κ2) is 12.5. The zero-order valence-corrected chi connectivity index (χ0v) is 32.6. The Morgan fingerprint density at radius 2 is 0.828 bits per heavy atom. The first kappa shape index (κ1) is 33.2. The Bertz CT molecular complexity index is 3230. The molecule has 0 saturated carbocycles. The van der Waals surface area contributed by atoms with Crippen LogP contribution < -0.4 is 0 Å². The predicted molar refractivity (Wildman–Crippen MR) is 246 cm³/mol. The Morgan fingerprint density at radius 1 is 0.328 bits per heavy atom. The minimum absolute atomic E-state index is 0.0672. The lowest BCUT2D eigenvalue weighted by molar-refractivity contribution is 0.661. The van der Waals surface area contributed by atoms with Crippen molar-refractivity contribution in [1.82, 2.24) is 0 Å². The van der Waals surface area contributed by atoms with Gasteiger partial charge in [-0.3, -0.25) is 0 Å². The Labute approximate surface area is 339 Å². The van der Waals surface area contributed by atoms with Crippen LogP contribution in [0, 0.1) is 0 Å². The summed E-state index contributed by atoms with van der Waals surface area (Å²) in [6.07, 6.45) is 0. The number of fused-ring (bicyclic) bond motifs is 9. The van der Waals surface area contributed by atoms with E-state index in [9.17, 15) is 0 Å². The molecule has 0 fully saturated rings. The van der Waals surface area contributed by atoms with E-state index in [2.05, 4.69) is 214 Å². The van der Waals surface area contributed by atoms with Gasteiger partial charge in [0.25, 0.3) is 0 Å². The first-order valence-electron chi connectivity index (χ1n) is 20.5. The monoisotopic (exact) mass is 736 g/mol. The smallest absolute Gasteiger partial charge is 0.0352 e. The number of rotatable bonds is 4. The normalized spacial score (nSPS) is 14.7. The fourth-order valence-electron chi connectivity index (χ4n) is 10.6. The molecule has 1 atom stereocenters. The van der Waals surface area contributed by atoms with E-state index < -0.39 is 0 Å². The van der Waals surface area contributed by atoms with Gasteiger partial charge >= 0.3 is 0 Å². The zero-order valence-electron chi connectivity index (χ0n) is 32.6. The molecule has 0 N–H and O–H groups in total. The number of benzene rings is 10. The molecule has 0 heteroatoms. The summed E-state index contributed by atoms with van der Waals surface area (Å²) in [6.45, 7) is 4.75. The average Bonchev–Trinajstić information content (AvgIpc) is 3.72. The Morgan fingerprint density at radius 3 is 1.53 bits per heavy atom. The molecule has 2 aliphatic rings. The van der Waals surface area contributed by atoms with Gasteiger partial charge in [0, 0.05) is 11.3 Å². The van der Waals surface area contributed by atoms with Gasteiger partial charge in [0.1, 0.15) is 0 Å². The minimum Gasteiger partial charge on any atom is -0.0622 e. The lowest BCUT2D eigenvalue weighted by Gasteiger charge is -2.22. The molecule has 0 radical (unpaired) electrons. The molecule has 0 aliphatic heterocycles. The lowest BCUT2D eigenvalue weighted by Crippen LogP contribution is -2.14. The highest BCUT2D eigenvalue weighted by Gasteiger charge is 2.36. The summed E-state index contributed by atoms with van der Waals surface area (Å²) >= 11 is 0. The van der Waals surface area contributed by atoms with Gasteiger partial charge in [-0.1, -0.05) is 190 Å². The third-order valence-electron chi connectivity index (χ3n) is 13.3. The highest BCUT2D eigenvalue weighted by Crippen LogP contribution is 2.53. The summed E-state index contributed by atoms with van der Waals surface area (Å²) in [6, 6.07) is 75.1. The third kappa shape index (κ3) is 4.82. The molecule has 0 saturated heterocycles. The SMILES string of the molecule is CC1(C)c2ccc(-c3c4ccccc4c(-c4ccc(-c5ccc6c(c5)-c5ccccc5C6c5ccccc5)cc4)c4ccccc34)cc2-c2cc3ccccc3cc21. The second-order valence-corrected chi connectivity index (χ2v) is 16.8. The summed E-state index contributed by atoms with van der Waals surface area (Å²) in [7, 11) is 0. The highest BCUT2D eigenvalue weighted by atomic mass is 14.4. The maximum Gasteiger partial charge on any atom is 0.0352 e. The van der Waals surface area contributed by atoms with Crippen molar-refractivity contribution < 1.29 is 0 Å². The molecule has 1 unspecified atom stereocenters. The highest BCUT2D eigenvalue weighted by molar-refractivity contribution is 6.21. The summed E-state index contributed by atoms with van der Waals surface area (Å²) in [5.74, 6) is 0.258. The van der Waals surface area contributed by atoms with Crippen molar-refractivity contribution >= 4 is 32.3 Å². The molecule has 10 aromatic rings. The second-order valence-electron chi connectivity index (χ2n) is 16.8. The summed E-state index contributed by atoms with van der Waals surface area (Å²) in [5.41, 5.74) is 19.8. The van der Waals surface area contributed by atoms with Gasteiger partial charge < -0.3 is 0 Å². The van der Waals surface area contributed by atoms with Crippen LogP contribution in [0.15, 0.2) is 200 Å². The molecule has 0 amide bonds. The summed E-state index contributed by atoms with van der Waals surface area (Å²) < 4.78 is 0. The van der Waals surface area contributed by atoms with Gasteiger partial charge in [-0.15, -0.1) is 0 Å². The molecule has 0 spiro atoms. The van der Waals surface area contributed by atoms with E-state index >= 15 is 0 Å². The minimum atomic E-state index is -0.0672. The van der Waals surface area contributed by atoms with E-state index in [1.54, 1.807) is 0 Å². The quantitative estimate of drug-likeness (QED) is 0.158. The van der Waals surface area contributed by atoms with Crippen molar-refractivity contribution in [2.75, 3.05) is 0 Å². The Hall–Kier alpha value is -7.02. The van der Waals surface area contributed by atoms with Gasteiger partial charge in [-0.2, -0.15) is 0 Å². The molecule has 0 aromatic heterocycles. The number of hydrogen-bond donors (Lipinski definition) is 0. The molecule has 12 rings (SSSR count). The van der Waals surface area contributed by atoms with E-state index in [4.69, 9.17) is 0 Å². The molecule has 2 aliphatic carbocycles. The predicted octanol–water partition coefficient (Wildman–Crippen LogP) is 15.6. The maximum absolute atomic E-state index is 2.47. The van der Waals surface area contributed by atoms with E-state index in [0.717, 1.165) is 0 Å². The first-order valence-corrected chi connectivity index (χ1v) is 20.5. The standard InChI is InChI=1S/C58H40/c1-58(2)53-31-29-42(34-51(53)52-33-39-16-6-7-17-40(39)35-54(52)58)57-47-22-12-10-20-45(47)56(46-21-11-13-23-48(46)57)38-26-24-36(25-27-38)41-28-30-49-50(32-41)43-18-8-9-19-44(43)55(49)37-14-4-3-5-15-37/h3-35,55H,1-2H3. The van der Waals surface area contributed by atoms with E-state index in [0.29, 0.717) is 0 Å². The van der Waals surface area contributed by atoms with E-state index in [1.807, 2.05) is 0 Å². The van der Waals surface area contributed by atoms with Crippen LogP contribution in [-0.4, -0.2) is 0 Å². The number of hydrogen-bond acceptors (Lipinski definition) is 0. The van der Waals surface area contributed by atoms with Crippen molar-refractivity contribution in [1.29, 1.82) is 0 Å². The Balaban J connectivity index is 0.980. The average molecular weight is 737 g/mol. The van der Waals surface area contributed by atoms with Crippen LogP contribution in [0.2, 0.25) is 0 Å². The third-order valence-corrected chi connectivity index (χ3v) is 13.3. The van der Waals surface area contributed by atoms with Crippen LogP contribution >= 0.6 is 0 Å². The van der Waals surface area contributed by atoms with Crippen molar-refractivity contribution in [2.24, 2.45) is 0 Å². The molecule has 10 aromatic carbocycles. The van der Waals surface area contributed by atoms with Crippen molar-refractivity contribution in [3.05, 3.63) is 228 Å². The summed E-state index contributed by atoms with van der Waals surface area (Å²) in [4.78, 5) is 0. The van der Waals surface area contributed by atoms with Gasteiger partial charge in [0.15, 0.2) is 0 Å². The zero-order chi connectivity index (χ0) is 38.5. The maximum atomic E-state index is 2.47. The van der Waals surface area contributed by atoms with Crippen molar-refractivity contribution in [2.45, 2.75) is 25.2 Å². The van der Waals surface area contributed by atoms with Crippen LogP contribution in [0.4, 0.5) is 0 Å². The molecule has 0 nitrogen and oxygen atoms in total. The molecule has 58 heavy (non-hydrogen) atoms. The summed E-state index contributed by atoms with van der Waals surface area (Å²) in [5, 5.41) is 7.70. The molecule has 0 heterocycles. The van der Waals surface area contributed by atoms with Crippen molar-refractivity contribution in [3.8, 4) is 55.6 Å². The van der Waals surface area contributed by atoms with Crippen molar-refractivity contribution in [3.63, 3.8) is 0 Å². The van der Waals surface area contributed by atoms with Crippen LogP contribution in [0.1, 0.15) is 47.6 Å². The molecular weight excluding hydrogens is 697 g/mol. The topological polar surface area (TPSA) is 0 Å². The molecule has 0 bridgehead atoms. The van der Waals surface area contributed by atoms with Crippen LogP contribution in [0.25, 0.3) is 88.0 Å². The van der Waals surface area contributed by atoms with Crippen LogP contribution in [0.5, 0.6) is 0 Å². The van der Waals surface area contributed by atoms with Gasteiger partial charge in [0.2, 0.25) is 0 Å². The van der Waals surface area contributed by atoms with Gasteiger partial charge in [0.05, 0.1) is 0 Å². The van der Waals surface area contributed by atoms with E-state index in [1.165, 1.54) is 116 Å². The van der Waals surface area contributed by atoms with Crippen LogP contribution in [0.3, 0.4) is 0 Å². The Kier molecular flexibility index (Phi) is 7.14. The largest absolute Gasteiger partial charge is 0.0622 e. The van der Waals surface area contributed by atoms with E-state index in [-0.39, 0.29) is 11.3 Å². The fraction of sp³-hybridized carbons (Fsp3) is 0.0690. The first-order chi connectivity index (χ1) is 28.5. The lowest BCUT2D eigenvalue weighted by atomic mass is 9.81. The molecular formula is C58H40. The van der Waals surface area contributed by atoms with Gasteiger partial charge in [-0.05, 0) is 140 Å².